The molecule has 0 radical (unpaired) electrons. The Bertz CT molecular complexity index is 138. The highest BCUT2D eigenvalue weighted by Crippen LogP contribution is 1.94. The zero-order valence-corrected chi connectivity index (χ0v) is 6.90. The molecule has 0 aromatic carbocycles. The summed E-state index contributed by atoms with van der Waals surface area (Å²) in [5.41, 5.74) is 1.01. The highest BCUT2D eigenvalue weighted by atomic mass is 16.1. The van der Waals surface area contributed by atoms with Crippen molar-refractivity contribution in [3.05, 3.63) is 11.8 Å². The summed E-state index contributed by atoms with van der Waals surface area (Å²) in [6.45, 7) is 5.79. The molecule has 0 heterocycles. The Morgan fingerprint density at radius 1 is 1.40 bits per heavy atom. The van der Waals surface area contributed by atoms with Gasteiger partial charge in [0.15, 0.2) is 0 Å². The van der Waals surface area contributed by atoms with Crippen LogP contribution in [0, 0.1) is 0 Å². The van der Waals surface area contributed by atoms with Crippen LogP contribution in [0.5, 0.6) is 0 Å². The molecule has 0 atom stereocenters. The van der Waals surface area contributed by atoms with Gasteiger partial charge in [-0.15, -0.1) is 0 Å². The van der Waals surface area contributed by atoms with Crippen LogP contribution in [0.15, 0.2) is 11.8 Å². The van der Waals surface area contributed by atoms with Gasteiger partial charge in [-0.3, -0.25) is 4.79 Å². The Kier molecular flexibility index (Phi) is 4.63. The number of allylic oxidation sites excluding steroid dienone is 2. The molecule has 0 fully saturated rings. The second kappa shape index (κ2) is 5.03. The highest BCUT2D eigenvalue weighted by molar-refractivity contribution is 5.77. The first-order chi connectivity index (χ1) is 4.74. The summed E-state index contributed by atoms with van der Waals surface area (Å²) in [5, 5.41) is 2.79. The Morgan fingerprint density at radius 3 is 2.30 bits per heavy atom. The van der Waals surface area contributed by atoms with Gasteiger partial charge in [0, 0.05) is 12.1 Å². The van der Waals surface area contributed by atoms with Gasteiger partial charge in [0.2, 0.25) is 5.91 Å². The maximum absolute atomic E-state index is 10.8. The molecule has 0 unspecified atom stereocenters. The van der Waals surface area contributed by atoms with E-state index in [9.17, 15) is 4.79 Å². The van der Waals surface area contributed by atoms with Crippen LogP contribution >= 0.6 is 0 Å². The normalized spacial score (nSPS) is 11.3. The standard InChI is InChI=1S/C8H15NO/c1-4-7(5-2)9-8(10)6-3/h4H,5-6H2,1-3H3,(H,9,10). The Labute approximate surface area is 62.3 Å². The van der Waals surface area contributed by atoms with E-state index in [0.717, 1.165) is 12.1 Å². The molecule has 0 spiro atoms. The lowest BCUT2D eigenvalue weighted by Gasteiger charge is -2.03. The molecule has 0 aromatic heterocycles. The first-order valence-corrected chi connectivity index (χ1v) is 3.69. The lowest BCUT2D eigenvalue weighted by molar-refractivity contribution is -0.120. The number of hydrogen-bond acceptors (Lipinski definition) is 1. The van der Waals surface area contributed by atoms with E-state index in [1.165, 1.54) is 0 Å². The second-order valence-electron chi connectivity index (χ2n) is 2.07. The topological polar surface area (TPSA) is 29.1 Å². The molecule has 0 aliphatic heterocycles. The molecule has 1 N–H and O–H groups in total. The van der Waals surface area contributed by atoms with E-state index in [1.807, 2.05) is 26.8 Å². The van der Waals surface area contributed by atoms with E-state index in [-0.39, 0.29) is 5.91 Å². The van der Waals surface area contributed by atoms with Crippen LogP contribution in [-0.4, -0.2) is 5.91 Å². The molecule has 0 bridgehead atoms. The predicted molar refractivity (Wildman–Crippen MR) is 42.5 cm³/mol. The summed E-state index contributed by atoms with van der Waals surface area (Å²) in [6.07, 6.45) is 3.37. The van der Waals surface area contributed by atoms with Crippen molar-refractivity contribution in [2.45, 2.75) is 33.6 Å². The fourth-order valence-corrected chi connectivity index (χ4v) is 0.632. The monoisotopic (exact) mass is 141 g/mol. The van der Waals surface area contributed by atoms with Gasteiger partial charge in [-0.05, 0) is 13.3 Å². The van der Waals surface area contributed by atoms with Crippen LogP contribution in [0.25, 0.3) is 0 Å². The first-order valence-electron chi connectivity index (χ1n) is 3.69. The largest absolute Gasteiger partial charge is 0.330 e. The van der Waals surface area contributed by atoms with Crippen molar-refractivity contribution in [1.29, 1.82) is 0 Å². The molecule has 2 heteroatoms. The Hall–Kier alpha value is -0.790. The fourth-order valence-electron chi connectivity index (χ4n) is 0.632. The number of carbonyl (C=O) groups excluding carboxylic acids is 1. The third-order valence-corrected chi connectivity index (χ3v) is 1.35. The average molecular weight is 141 g/mol. The van der Waals surface area contributed by atoms with Gasteiger partial charge in [-0.1, -0.05) is 19.9 Å². The Morgan fingerprint density at radius 2 is 2.00 bits per heavy atom. The maximum Gasteiger partial charge on any atom is 0.223 e. The van der Waals surface area contributed by atoms with Crippen molar-refractivity contribution in [1.82, 2.24) is 5.32 Å². The summed E-state index contributed by atoms with van der Waals surface area (Å²) in [6, 6.07) is 0. The van der Waals surface area contributed by atoms with Gasteiger partial charge in [-0.2, -0.15) is 0 Å². The van der Waals surface area contributed by atoms with Gasteiger partial charge in [0.05, 0.1) is 0 Å². The number of nitrogens with one attached hydrogen (secondary N) is 1. The SMILES string of the molecule is CC=C(CC)NC(=O)CC. The number of amides is 1. The summed E-state index contributed by atoms with van der Waals surface area (Å²) in [7, 11) is 0. The summed E-state index contributed by atoms with van der Waals surface area (Å²) in [4.78, 5) is 10.8. The van der Waals surface area contributed by atoms with Crippen molar-refractivity contribution in [3.63, 3.8) is 0 Å². The molecule has 0 saturated carbocycles. The van der Waals surface area contributed by atoms with Gasteiger partial charge in [-0.25, -0.2) is 0 Å². The minimum atomic E-state index is 0.0925. The number of rotatable bonds is 3. The molecule has 0 saturated heterocycles. The smallest absolute Gasteiger partial charge is 0.223 e. The summed E-state index contributed by atoms with van der Waals surface area (Å²) < 4.78 is 0. The quantitative estimate of drug-likeness (QED) is 0.638. The average Bonchev–Trinajstić information content (AvgIpc) is 1.99. The van der Waals surface area contributed by atoms with Crippen LogP contribution in [0.4, 0.5) is 0 Å². The second-order valence-corrected chi connectivity index (χ2v) is 2.07. The van der Waals surface area contributed by atoms with E-state index >= 15 is 0 Å². The predicted octanol–water partition coefficient (Wildman–Crippen LogP) is 1.83. The molecule has 0 aliphatic rings. The third kappa shape index (κ3) is 3.28. The molecule has 58 valence electrons. The molecular weight excluding hydrogens is 126 g/mol. The fraction of sp³-hybridized carbons (Fsp3) is 0.625. The maximum atomic E-state index is 10.8. The lowest BCUT2D eigenvalue weighted by Crippen LogP contribution is -2.20. The number of hydrogen-bond donors (Lipinski definition) is 1. The van der Waals surface area contributed by atoms with Gasteiger partial charge < -0.3 is 5.32 Å². The molecule has 10 heavy (non-hydrogen) atoms. The highest BCUT2D eigenvalue weighted by Gasteiger charge is 1.96. The zero-order valence-electron chi connectivity index (χ0n) is 6.90. The van der Waals surface area contributed by atoms with Gasteiger partial charge in [0.25, 0.3) is 0 Å². The van der Waals surface area contributed by atoms with Crippen LogP contribution in [0.3, 0.4) is 0 Å². The third-order valence-electron chi connectivity index (χ3n) is 1.35. The van der Waals surface area contributed by atoms with Crippen LogP contribution in [0.1, 0.15) is 33.6 Å². The van der Waals surface area contributed by atoms with Crippen molar-refractivity contribution in [3.8, 4) is 0 Å². The van der Waals surface area contributed by atoms with Crippen LogP contribution in [0.2, 0.25) is 0 Å². The van der Waals surface area contributed by atoms with E-state index < -0.39 is 0 Å². The molecule has 2 nitrogen and oxygen atoms in total. The van der Waals surface area contributed by atoms with Crippen LogP contribution in [-0.2, 0) is 4.79 Å². The Balaban J connectivity index is 3.76. The molecule has 0 aromatic rings. The van der Waals surface area contributed by atoms with Gasteiger partial charge in [0.1, 0.15) is 0 Å². The van der Waals surface area contributed by atoms with Crippen molar-refractivity contribution in [2.24, 2.45) is 0 Å². The lowest BCUT2D eigenvalue weighted by atomic mass is 10.3. The molecule has 0 rings (SSSR count). The van der Waals surface area contributed by atoms with E-state index in [0.29, 0.717) is 6.42 Å². The minimum absolute atomic E-state index is 0.0925. The van der Waals surface area contributed by atoms with Crippen molar-refractivity contribution in [2.75, 3.05) is 0 Å². The molecule has 1 amide bonds. The minimum Gasteiger partial charge on any atom is -0.330 e. The van der Waals surface area contributed by atoms with E-state index in [2.05, 4.69) is 5.32 Å². The number of carbonyl (C=O) groups is 1. The molecular formula is C8H15NO. The first kappa shape index (κ1) is 9.21. The molecule has 0 aliphatic carbocycles. The van der Waals surface area contributed by atoms with Gasteiger partial charge >= 0.3 is 0 Å². The van der Waals surface area contributed by atoms with E-state index in [1.54, 1.807) is 0 Å². The van der Waals surface area contributed by atoms with E-state index in [4.69, 9.17) is 0 Å². The zero-order chi connectivity index (χ0) is 7.98. The van der Waals surface area contributed by atoms with Crippen molar-refractivity contribution >= 4 is 5.91 Å². The summed E-state index contributed by atoms with van der Waals surface area (Å²) >= 11 is 0. The van der Waals surface area contributed by atoms with Crippen LogP contribution < -0.4 is 5.32 Å². The van der Waals surface area contributed by atoms with Crippen molar-refractivity contribution < 1.29 is 4.79 Å². The summed E-state index contributed by atoms with van der Waals surface area (Å²) in [5.74, 6) is 0.0925.